The molecule has 34 heavy (non-hydrogen) atoms. The molecule has 0 saturated carbocycles. The molecule has 0 saturated heterocycles. The second kappa shape index (κ2) is 10.3. The lowest BCUT2D eigenvalue weighted by molar-refractivity contribution is -0.117. The molecule has 0 aliphatic carbocycles. The highest BCUT2D eigenvalue weighted by atomic mass is 16.3. The molecule has 1 aromatic heterocycles. The second-order valence-corrected chi connectivity index (χ2v) is 8.75. The summed E-state index contributed by atoms with van der Waals surface area (Å²) in [4.78, 5) is 10.6. The van der Waals surface area contributed by atoms with Crippen LogP contribution in [0.25, 0.3) is 11.0 Å². The number of para-hydroxylation sites is 1. The zero-order valence-electron chi connectivity index (χ0n) is 19.4. The predicted octanol–water partition coefficient (Wildman–Crippen LogP) is 5.08. The molecule has 0 atom stereocenters. The molecule has 6 N–H and O–H groups in total. The van der Waals surface area contributed by atoms with Gasteiger partial charge in [0.25, 0.3) is 0 Å². The van der Waals surface area contributed by atoms with Crippen LogP contribution in [0.5, 0.6) is 5.75 Å². The first kappa shape index (κ1) is 23.2. The third-order valence-corrected chi connectivity index (χ3v) is 6.08. The SMILES string of the molecule is Cc1cc(O)cc(N)c1CCC(N)=O.c1ccc2oc(Cc3ccc4c(c3)CCCN4)cc2c1. The predicted molar refractivity (Wildman–Crippen MR) is 137 cm³/mol. The van der Waals surface area contributed by atoms with E-state index in [4.69, 9.17) is 15.9 Å². The van der Waals surface area contributed by atoms with Crippen molar-refractivity contribution in [2.75, 3.05) is 17.6 Å². The monoisotopic (exact) mass is 457 g/mol. The van der Waals surface area contributed by atoms with Gasteiger partial charge >= 0.3 is 0 Å². The molecule has 3 aromatic carbocycles. The van der Waals surface area contributed by atoms with Gasteiger partial charge in [0.2, 0.25) is 5.91 Å². The van der Waals surface area contributed by atoms with Crippen molar-refractivity contribution in [3.63, 3.8) is 0 Å². The molecule has 1 aliphatic rings. The van der Waals surface area contributed by atoms with Crippen molar-refractivity contribution in [2.45, 2.75) is 39.0 Å². The Hall–Kier alpha value is -3.93. The van der Waals surface area contributed by atoms with Crippen molar-refractivity contribution in [3.05, 3.63) is 88.7 Å². The topological polar surface area (TPSA) is 115 Å². The molecule has 1 aliphatic heterocycles. The van der Waals surface area contributed by atoms with Crippen LogP contribution in [0.2, 0.25) is 0 Å². The summed E-state index contributed by atoms with van der Waals surface area (Å²) in [5.41, 5.74) is 18.0. The fraction of sp³-hybridized carbons (Fsp3) is 0.250. The number of anilines is 2. The first-order valence-corrected chi connectivity index (χ1v) is 11.6. The van der Waals surface area contributed by atoms with E-state index in [1.54, 1.807) is 6.07 Å². The van der Waals surface area contributed by atoms with Gasteiger partial charge in [0.05, 0.1) is 0 Å². The number of benzene rings is 3. The quantitative estimate of drug-likeness (QED) is 0.312. The van der Waals surface area contributed by atoms with E-state index in [2.05, 4.69) is 35.6 Å². The smallest absolute Gasteiger partial charge is 0.217 e. The van der Waals surface area contributed by atoms with Gasteiger partial charge in [-0.25, -0.2) is 0 Å². The minimum Gasteiger partial charge on any atom is -0.508 e. The van der Waals surface area contributed by atoms with E-state index in [-0.39, 0.29) is 18.1 Å². The largest absolute Gasteiger partial charge is 0.508 e. The molecule has 0 unspecified atom stereocenters. The molecule has 4 aromatic rings. The molecule has 0 spiro atoms. The minimum atomic E-state index is -0.350. The van der Waals surface area contributed by atoms with E-state index in [9.17, 15) is 9.90 Å². The number of carbonyl (C=O) groups excluding carboxylic acids is 1. The Morgan fingerprint density at radius 1 is 1.12 bits per heavy atom. The number of hydrogen-bond acceptors (Lipinski definition) is 5. The summed E-state index contributed by atoms with van der Waals surface area (Å²) in [6, 6.07) is 20.1. The highest BCUT2D eigenvalue weighted by Crippen LogP contribution is 2.26. The van der Waals surface area contributed by atoms with Gasteiger partial charge in [-0.2, -0.15) is 0 Å². The van der Waals surface area contributed by atoms with Crippen molar-refractivity contribution >= 4 is 28.3 Å². The van der Waals surface area contributed by atoms with Crippen LogP contribution >= 0.6 is 0 Å². The summed E-state index contributed by atoms with van der Waals surface area (Å²) in [6.45, 7) is 2.93. The third kappa shape index (κ3) is 5.70. The van der Waals surface area contributed by atoms with Crippen LogP contribution in [0.1, 0.15) is 40.9 Å². The fourth-order valence-electron chi connectivity index (χ4n) is 4.38. The number of nitrogens with two attached hydrogens (primary N) is 2. The van der Waals surface area contributed by atoms with Crippen LogP contribution in [-0.4, -0.2) is 17.6 Å². The van der Waals surface area contributed by atoms with Gasteiger partial charge in [-0.3, -0.25) is 4.79 Å². The Balaban J connectivity index is 0.000000173. The highest BCUT2D eigenvalue weighted by molar-refractivity contribution is 5.77. The summed E-state index contributed by atoms with van der Waals surface area (Å²) >= 11 is 0. The Kier molecular flexibility index (Phi) is 7.07. The molecule has 2 heterocycles. The Labute approximate surface area is 199 Å². The summed E-state index contributed by atoms with van der Waals surface area (Å²) in [5.74, 6) is 0.828. The van der Waals surface area contributed by atoms with Gasteiger partial charge in [0.1, 0.15) is 17.1 Å². The van der Waals surface area contributed by atoms with Gasteiger partial charge in [0.15, 0.2) is 0 Å². The third-order valence-electron chi connectivity index (χ3n) is 6.08. The van der Waals surface area contributed by atoms with Gasteiger partial charge in [-0.1, -0.05) is 30.3 Å². The van der Waals surface area contributed by atoms with E-state index >= 15 is 0 Å². The zero-order chi connectivity index (χ0) is 24.1. The van der Waals surface area contributed by atoms with Gasteiger partial charge in [-0.05, 0) is 72.7 Å². The van der Waals surface area contributed by atoms with E-state index < -0.39 is 0 Å². The molecule has 176 valence electrons. The van der Waals surface area contributed by atoms with Crippen LogP contribution < -0.4 is 16.8 Å². The van der Waals surface area contributed by atoms with Crippen molar-refractivity contribution in [2.24, 2.45) is 5.73 Å². The van der Waals surface area contributed by atoms with Crippen molar-refractivity contribution in [3.8, 4) is 5.75 Å². The number of aromatic hydroxyl groups is 1. The van der Waals surface area contributed by atoms with E-state index in [0.717, 1.165) is 35.4 Å². The van der Waals surface area contributed by atoms with E-state index in [0.29, 0.717) is 12.1 Å². The number of primary amides is 1. The van der Waals surface area contributed by atoms with Gasteiger partial charge in [-0.15, -0.1) is 0 Å². The number of fused-ring (bicyclic) bond motifs is 2. The normalized spacial score (nSPS) is 12.4. The van der Waals surface area contributed by atoms with Crippen LogP contribution in [-0.2, 0) is 24.1 Å². The summed E-state index contributed by atoms with van der Waals surface area (Å²) < 4.78 is 5.90. The Bertz CT molecular complexity index is 1250. The minimum absolute atomic E-state index is 0.142. The number of aryl methyl sites for hydroxylation is 2. The summed E-state index contributed by atoms with van der Waals surface area (Å²) in [7, 11) is 0. The van der Waals surface area contributed by atoms with Crippen molar-refractivity contribution < 1.29 is 14.3 Å². The maximum Gasteiger partial charge on any atom is 0.217 e. The molecule has 1 amide bonds. The number of nitrogen functional groups attached to an aromatic ring is 1. The maximum absolute atomic E-state index is 10.6. The fourth-order valence-corrected chi connectivity index (χ4v) is 4.38. The Morgan fingerprint density at radius 3 is 2.71 bits per heavy atom. The average molecular weight is 458 g/mol. The lowest BCUT2D eigenvalue weighted by atomic mass is 9.99. The number of rotatable bonds is 5. The van der Waals surface area contributed by atoms with Crippen LogP contribution in [0.4, 0.5) is 11.4 Å². The number of hydrogen-bond donors (Lipinski definition) is 4. The van der Waals surface area contributed by atoms with Crippen LogP contribution in [0, 0.1) is 6.92 Å². The standard InChI is InChI=1S/C18H17NO.C10H14N2O2/c1-2-6-18-15(4-1)12-16(20-18)11-13-7-8-17-14(10-13)5-3-9-19-17;1-6-4-7(13)5-9(11)8(6)2-3-10(12)14/h1-2,4,6-8,10,12,19H,3,5,9,11H2;4-5,13H,2-3,11H2,1H3,(H2,12,14). The zero-order valence-corrected chi connectivity index (χ0v) is 19.4. The molecule has 6 nitrogen and oxygen atoms in total. The Morgan fingerprint density at radius 2 is 1.94 bits per heavy atom. The maximum atomic E-state index is 10.6. The number of phenolic OH excluding ortho intramolecular Hbond substituents is 1. The molecule has 0 radical (unpaired) electrons. The number of phenols is 1. The van der Waals surface area contributed by atoms with Crippen molar-refractivity contribution in [1.82, 2.24) is 0 Å². The highest BCUT2D eigenvalue weighted by Gasteiger charge is 2.10. The molecular weight excluding hydrogens is 426 g/mol. The number of amides is 1. The average Bonchev–Trinajstić information content (AvgIpc) is 3.21. The van der Waals surface area contributed by atoms with Crippen LogP contribution in [0.15, 0.2) is 65.1 Å². The van der Waals surface area contributed by atoms with Gasteiger partial charge < -0.3 is 26.3 Å². The first-order valence-electron chi connectivity index (χ1n) is 11.6. The van der Waals surface area contributed by atoms with Crippen molar-refractivity contribution in [1.29, 1.82) is 0 Å². The molecule has 0 fully saturated rings. The summed E-state index contributed by atoms with van der Waals surface area (Å²) in [5, 5.41) is 13.9. The molecule has 6 heteroatoms. The molecular formula is C28H31N3O3. The number of furan rings is 1. The molecule has 0 bridgehead atoms. The van der Waals surface area contributed by atoms with E-state index in [1.807, 2.05) is 25.1 Å². The lowest BCUT2D eigenvalue weighted by Gasteiger charge is -2.18. The summed E-state index contributed by atoms with van der Waals surface area (Å²) in [6.07, 6.45) is 4.06. The lowest BCUT2D eigenvalue weighted by Crippen LogP contribution is -2.12. The van der Waals surface area contributed by atoms with E-state index in [1.165, 1.54) is 41.1 Å². The van der Waals surface area contributed by atoms with Crippen LogP contribution in [0.3, 0.4) is 0 Å². The number of nitrogens with one attached hydrogen (secondary N) is 1. The number of carbonyl (C=O) groups is 1. The second-order valence-electron chi connectivity index (χ2n) is 8.75. The molecule has 5 rings (SSSR count). The van der Waals surface area contributed by atoms with Gasteiger partial charge in [0, 0.05) is 42.2 Å². The first-order chi connectivity index (χ1) is 16.4.